The fourth-order valence-electron chi connectivity index (χ4n) is 2.64. The van der Waals surface area contributed by atoms with Gasteiger partial charge in [-0.25, -0.2) is 4.98 Å². The third-order valence-corrected chi connectivity index (χ3v) is 3.83. The van der Waals surface area contributed by atoms with E-state index in [0.717, 1.165) is 28.0 Å². The van der Waals surface area contributed by atoms with Gasteiger partial charge in [0.15, 0.2) is 0 Å². The van der Waals surface area contributed by atoms with Crippen LogP contribution in [0.2, 0.25) is 0 Å². The molecular formula is C18H18ClN3O. The zero-order valence-corrected chi connectivity index (χ0v) is 14.1. The van der Waals surface area contributed by atoms with Gasteiger partial charge in [-0.1, -0.05) is 23.3 Å². The molecule has 0 radical (unpaired) electrons. The van der Waals surface area contributed by atoms with Gasteiger partial charge in [0, 0.05) is 11.8 Å². The summed E-state index contributed by atoms with van der Waals surface area (Å²) in [5.41, 5.74) is 4.80. The SMILES string of the molecule is Cc1cc(C)cc(-c2nc3ccccn3c2NC(=O)[C@@H](C)Cl)c1. The maximum absolute atomic E-state index is 12.1. The smallest absolute Gasteiger partial charge is 0.243 e. The molecule has 0 unspecified atom stereocenters. The molecule has 2 heterocycles. The number of halogens is 1. The highest BCUT2D eigenvalue weighted by atomic mass is 35.5. The number of aryl methyl sites for hydroxylation is 2. The van der Waals surface area contributed by atoms with Crippen LogP contribution in [0.3, 0.4) is 0 Å². The first-order valence-corrected chi connectivity index (χ1v) is 7.90. The Morgan fingerprint density at radius 1 is 1.22 bits per heavy atom. The number of benzene rings is 1. The molecule has 0 fully saturated rings. The quantitative estimate of drug-likeness (QED) is 0.733. The summed E-state index contributed by atoms with van der Waals surface area (Å²) in [5.74, 6) is 0.394. The van der Waals surface area contributed by atoms with Crippen LogP contribution >= 0.6 is 11.6 Å². The van der Waals surface area contributed by atoms with Crippen molar-refractivity contribution in [2.75, 3.05) is 5.32 Å². The first kappa shape index (κ1) is 15.6. The molecule has 23 heavy (non-hydrogen) atoms. The molecule has 4 nitrogen and oxygen atoms in total. The van der Waals surface area contributed by atoms with E-state index >= 15 is 0 Å². The van der Waals surface area contributed by atoms with Gasteiger partial charge in [0.25, 0.3) is 0 Å². The Hall–Kier alpha value is -2.33. The van der Waals surface area contributed by atoms with Gasteiger partial charge in [0.2, 0.25) is 5.91 Å². The second kappa shape index (κ2) is 6.05. The molecule has 1 amide bonds. The Kier molecular flexibility index (Phi) is 4.09. The van der Waals surface area contributed by atoms with Crippen LogP contribution in [0.1, 0.15) is 18.1 Å². The summed E-state index contributed by atoms with van der Waals surface area (Å²) in [6.07, 6.45) is 1.88. The highest BCUT2D eigenvalue weighted by molar-refractivity contribution is 6.32. The summed E-state index contributed by atoms with van der Waals surface area (Å²) in [7, 11) is 0. The van der Waals surface area contributed by atoms with Crippen LogP contribution in [0, 0.1) is 13.8 Å². The Morgan fingerprint density at radius 3 is 2.57 bits per heavy atom. The van der Waals surface area contributed by atoms with Crippen molar-refractivity contribution in [1.29, 1.82) is 0 Å². The summed E-state index contributed by atoms with van der Waals surface area (Å²) >= 11 is 5.90. The Morgan fingerprint density at radius 2 is 1.91 bits per heavy atom. The average molecular weight is 328 g/mol. The molecule has 0 aliphatic carbocycles. The minimum Gasteiger partial charge on any atom is -0.309 e. The van der Waals surface area contributed by atoms with Crippen LogP contribution in [0.4, 0.5) is 5.82 Å². The average Bonchev–Trinajstić information content (AvgIpc) is 2.85. The van der Waals surface area contributed by atoms with Crippen molar-refractivity contribution in [1.82, 2.24) is 9.38 Å². The van der Waals surface area contributed by atoms with E-state index in [9.17, 15) is 4.79 Å². The summed E-state index contributed by atoms with van der Waals surface area (Å²) in [5, 5.41) is 2.29. The molecule has 0 spiro atoms. The van der Waals surface area contributed by atoms with Gasteiger partial charge in [-0.3, -0.25) is 9.20 Å². The molecule has 1 aromatic carbocycles. The van der Waals surface area contributed by atoms with Crippen LogP contribution in [-0.4, -0.2) is 20.7 Å². The van der Waals surface area contributed by atoms with Crippen LogP contribution in [-0.2, 0) is 4.79 Å². The molecule has 0 aliphatic rings. The molecule has 1 N–H and O–H groups in total. The molecule has 0 saturated heterocycles. The number of nitrogens with one attached hydrogen (secondary N) is 1. The molecule has 0 saturated carbocycles. The molecule has 3 aromatic rings. The Balaban J connectivity index is 2.21. The van der Waals surface area contributed by atoms with Crippen molar-refractivity contribution < 1.29 is 4.79 Å². The number of rotatable bonds is 3. The summed E-state index contributed by atoms with van der Waals surface area (Å²) in [6.45, 7) is 5.74. The molecule has 5 heteroatoms. The Labute approximate surface area is 140 Å². The third kappa shape index (κ3) is 3.08. The number of imidazole rings is 1. The van der Waals surface area contributed by atoms with E-state index in [1.807, 2.05) is 42.6 Å². The number of fused-ring (bicyclic) bond motifs is 1. The van der Waals surface area contributed by atoms with E-state index in [1.165, 1.54) is 0 Å². The molecule has 3 rings (SSSR count). The standard InChI is InChI=1S/C18H18ClN3O/c1-11-8-12(2)10-14(9-11)16-17(21-18(23)13(3)19)22-7-5-4-6-15(22)20-16/h4-10,13H,1-3H3,(H,21,23)/t13-/m1/s1. The summed E-state index contributed by atoms with van der Waals surface area (Å²) in [4.78, 5) is 16.8. The predicted molar refractivity (Wildman–Crippen MR) is 94.0 cm³/mol. The van der Waals surface area contributed by atoms with E-state index in [-0.39, 0.29) is 5.91 Å². The fraction of sp³-hybridized carbons (Fsp3) is 0.222. The number of hydrogen-bond donors (Lipinski definition) is 1. The number of anilines is 1. The second-order valence-electron chi connectivity index (χ2n) is 5.72. The first-order valence-electron chi connectivity index (χ1n) is 7.46. The van der Waals surface area contributed by atoms with Crippen LogP contribution in [0.15, 0.2) is 42.6 Å². The third-order valence-electron chi connectivity index (χ3n) is 3.63. The van der Waals surface area contributed by atoms with Gasteiger partial charge in [0.05, 0.1) is 0 Å². The second-order valence-corrected chi connectivity index (χ2v) is 6.37. The van der Waals surface area contributed by atoms with Gasteiger partial charge in [-0.15, -0.1) is 11.6 Å². The molecule has 118 valence electrons. The van der Waals surface area contributed by atoms with Crippen molar-refractivity contribution in [2.45, 2.75) is 26.1 Å². The lowest BCUT2D eigenvalue weighted by Gasteiger charge is -2.09. The van der Waals surface area contributed by atoms with Crippen LogP contribution in [0.25, 0.3) is 16.9 Å². The molecule has 2 aromatic heterocycles. The lowest BCUT2D eigenvalue weighted by atomic mass is 10.0. The van der Waals surface area contributed by atoms with Crippen molar-refractivity contribution in [3.05, 3.63) is 53.7 Å². The van der Waals surface area contributed by atoms with Crippen molar-refractivity contribution in [2.24, 2.45) is 0 Å². The lowest BCUT2D eigenvalue weighted by Crippen LogP contribution is -2.21. The number of alkyl halides is 1. The van der Waals surface area contributed by atoms with E-state index in [0.29, 0.717) is 5.82 Å². The van der Waals surface area contributed by atoms with E-state index in [1.54, 1.807) is 6.92 Å². The highest BCUT2D eigenvalue weighted by Gasteiger charge is 2.18. The Bertz CT molecular complexity index is 863. The van der Waals surface area contributed by atoms with E-state index < -0.39 is 5.38 Å². The van der Waals surface area contributed by atoms with E-state index in [2.05, 4.69) is 28.5 Å². The van der Waals surface area contributed by atoms with Crippen LogP contribution < -0.4 is 5.32 Å². The maximum Gasteiger partial charge on any atom is 0.243 e. The number of hydrogen-bond acceptors (Lipinski definition) is 2. The molecule has 0 aliphatic heterocycles. The van der Waals surface area contributed by atoms with Gasteiger partial charge in [0.1, 0.15) is 22.5 Å². The van der Waals surface area contributed by atoms with Gasteiger partial charge >= 0.3 is 0 Å². The van der Waals surface area contributed by atoms with Gasteiger partial charge in [-0.2, -0.15) is 0 Å². The molecule has 0 bridgehead atoms. The van der Waals surface area contributed by atoms with Crippen molar-refractivity contribution in [3.63, 3.8) is 0 Å². The molecular weight excluding hydrogens is 310 g/mol. The fourth-order valence-corrected chi connectivity index (χ4v) is 2.70. The van der Waals surface area contributed by atoms with Gasteiger partial charge in [-0.05, 0) is 45.0 Å². The van der Waals surface area contributed by atoms with Crippen LogP contribution in [0.5, 0.6) is 0 Å². The van der Waals surface area contributed by atoms with E-state index in [4.69, 9.17) is 11.6 Å². The number of pyridine rings is 1. The topological polar surface area (TPSA) is 46.4 Å². The largest absolute Gasteiger partial charge is 0.309 e. The number of nitrogens with zero attached hydrogens (tertiary/aromatic N) is 2. The number of carbonyl (C=O) groups is 1. The van der Waals surface area contributed by atoms with Crippen molar-refractivity contribution >= 4 is 29.0 Å². The van der Waals surface area contributed by atoms with Gasteiger partial charge < -0.3 is 5.32 Å². The molecule has 1 atom stereocenters. The number of amides is 1. The maximum atomic E-state index is 12.1. The summed E-state index contributed by atoms with van der Waals surface area (Å²) in [6, 6.07) is 12.0. The summed E-state index contributed by atoms with van der Waals surface area (Å²) < 4.78 is 1.87. The zero-order chi connectivity index (χ0) is 16.6. The van der Waals surface area contributed by atoms with Crippen molar-refractivity contribution in [3.8, 4) is 11.3 Å². The normalized spacial score (nSPS) is 12.3. The monoisotopic (exact) mass is 327 g/mol. The lowest BCUT2D eigenvalue weighted by molar-refractivity contribution is -0.115. The zero-order valence-electron chi connectivity index (χ0n) is 13.3. The first-order chi connectivity index (χ1) is 11.0. The number of carbonyl (C=O) groups excluding carboxylic acids is 1. The highest BCUT2D eigenvalue weighted by Crippen LogP contribution is 2.30. The minimum absolute atomic E-state index is 0.247. The predicted octanol–water partition coefficient (Wildman–Crippen LogP) is 4.18. The minimum atomic E-state index is -0.614. The number of aromatic nitrogens is 2.